The molecule has 0 radical (unpaired) electrons. The molecule has 0 amide bonds. The maximum absolute atomic E-state index is 11.2. The monoisotopic (exact) mass is 231 g/mol. The van der Waals surface area contributed by atoms with Crippen LogP contribution < -0.4 is 0 Å². The Balaban J connectivity index is 1.92. The number of rotatable bonds is 3. The largest absolute Gasteiger partial charge is 0.300 e. The summed E-state index contributed by atoms with van der Waals surface area (Å²) in [7, 11) is 0. The van der Waals surface area contributed by atoms with Crippen molar-refractivity contribution in [2.75, 3.05) is 13.1 Å². The van der Waals surface area contributed by atoms with Gasteiger partial charge >= 0.3 is 0 Å². The number of carbonyl (C=O) groups excluding carboxylic acids is 1. The highest BCUT2D eigenvalue weighted by atomic mass is 16.1. The molecular weight excluding hydrogens is 210 g/mol. The Morgan fingerprint density at radius 2 is 1.71 bits per heavy atom. The molecular formula is C15H21NO. The number of likely N-dealkylation sites (tertiary alicyclic amines) is 1. The van der Waals surface area contributed by atoms with E-state index in [9.17, 15) is 4.79 Å². The minimum atomic E-state index is 0.413. The SMILES string of the molecule is CC(C)c1ccc(CN2CCC(=O)CC2)cc1. The standard InChI is InChI=1S/C15H21NO/c1-12(2)14-5-3-13(4-6-14)11-16-9-7-15(17)8-10-16/h3-6,12H,7-11H2,1-2H3. The highest BCUT2D eigenvalue weighted by Crippen LogP contribution is 2.16. The maximum Gasteiger partial charge on any atom is 0.135 e. The molecule has 17 heavy (non-hydrogen) atoms. The summed E-state index contributed by atoms with van der Waals surface area (Å²) in [6.07, 6.45) is 1.45. The molecule has 0 aliphatic carbocycles. The van der Waals surface area contributed by atoms with Gasteiger partial charge in [0.05, 0.1) is 0 Å². The van der Waals surface area contributed by atoms with Crippen molar-refractivity contribution in [2.24, 2.45) is 0 Å². The molecule has 0 aromatic heterocycles. The highest BCUT2D eigenvalue weighted by molar-refractivity contribution is 5.79. The van der Waals surface area contributed by atoms with Crippen LogP contribution in [0.4, 0.5) is 0 Å². The van der Waals surface area contributed by atoms with E-state index >= 15 is 0 Å². The number of nitrogens with zero attached hydrogens (tertiary/aromatic N) is 1. The van der Waals surface area contributed by atoms with Crippen molar-refractivity contribution in [3.8, 4) is 0 Å². The molecule has 2 rings (SSSR count). The molecule has 1 saturated heterocycles. The van der Waals surface area contributed by atoms with Gasteiger partial charge in [-0.2, -0.15) is 0 Å². The molecule has 92 valence electrons. The van der Waals surface area contributed by atoms with Crippen molar-refractivity contribution in [1.29, 1.82) is 0 Å². The third kappa shape index (κ3) is 3.40. The van der Waals surface area contributed by atoms with Gasteiger partial charge in [-0.15, -0.1) is 0 Å². The normalized spacial score (nSPS) is 17.7. The summed E-state index contributed by atoms with van der Waals surface area (Å²) >= 11 is 0. The van der Waals surface area contributed by atoms with E-state index in [1.54, 1.807) is 0 Å². The van der Waals surface area contributed by atoms with E-state index in [2.05, 4.69) is 43.0 Å². The number of carbonyl (C=O) groups is 1. The Hall–Kier alpha value is -1.15. The number of piperidine rings is 1. The van der Waals surface area contributed by atoms with Crippen LogP contribution >= 0.6 is 0 Å². The van der Waals surface area contributed by atoms with Gasteiger partial charge in [-0.3, -0.25) is 9.69 Å². The molecule has 0 unspecified atom stereocenters. The highest BCUT2D eigenvalue weighted by Gasteiger charge is 2.15. The van der Waals surface area contributed by atoms with E-state index < -0.39 is 0 Å². The minimum Gasteiger partial charge on any atom is -0.300 e. The second kappa shape index (κ2) is 5.46. The molecule has 0 atom stereocenters. The van der Waals surface area contributed by atoms with Crippen molar-refractivity contribution in [1.82, 2.24) is 4.90 Å². The lowest BCUT2D eigenvalue weighted by Crippen LogP contribution is -2.33. The quantitative estimate of drug-likeness (QED) is 0.797. The Kier molecular flexibility index (Phi) is 3.95. The zero-order valence-electron chi connectivity index (χ0n) is 10.8. The third-order valence-electron chi connectivity index (χ3n) is 3.47. The molecule has 1 aliphatic heterocycles. The fraction of sp³-hybridized carbons (Fsp3) is 0.533. The first kappa shape index (κ1) is 12.3. The zero-order chi connectivity index (χ0) is 12.3. The van der Waals surface area contributed by atoms with E-state index in [4.69, 9.17) is 0 Å². The van der Waals surface area contributed by atoms with E-state index in [0.717, 1.165) is 32.5 Å². The predicted molar refractivity (Wildman–Crippen MR) is 70.0 cm³/mol. The van der Waals surface area contributed by atoms with Gasteiger partial charge in [0.15, 0.2) is 0 Å². The van der Waals surface area contributed by atoms with Gasteiger partial charge in [-0.05, 0) is 17.0 Å². The first-order valence-electron chi connectivity index (χ1n) is 6.48. The summed E-state index contributed by atoms with van der Waals surface area (Å²) in [4.78, 5) is 13.5. The molecule has 1 aromatic carbocycles. The maximum atomic E-state index is 11.2. The van der Waals surface area contributed by atoms with E-state index in [1.165, 1.54) is 11.1 Å². The van der Waals surface area contributed by atoms with E-state index in [-0.39, 0.29) is 0 Å². The van der Waals surface area contributed by atoms with Gasteiger partial charge in [0.2, 0.25) is 0 Å². The van der Waals surface area contributed by atoms with Crippen molar-refractivity contribution in [2.45, 2.75) is 39.2 Å². The summed E-state index contributed by atoms with van der Waals surface area (Å²) < 4.78 is 0. The van der Waals surface area contributed by atoms with Crippen LogP contribution in [0.2, 0.25) is 0 Å². The third-order valence-corrected chi connectivity index (χ3v) is 3.47. The van der Waals surface area contributed by atoms with E-state index in [1.807, 2.05) is 0 Å². The summed E-state index contributed by atoms with van der Waals surface area (Å²) in [5.41, 5.74) is 2.74. The Bertz CT molecular complexity index is 370. The molecule has 0 bridgehead atoms. The predicted octanol–water partition coefficient (Wildman–Crippen LogP) is 2.97. The summed E-state index contributed by atoms with van der Waals surface area (Å²) in [6.45, 7) is 7.25. The number of hydrogen-bond acceptors (Lipinski definition) is 2. The van der Waals surface area contributed by atoms with Crippen LogP contribution in [-0.4, -0.2) is 23.8 Å². The van der Waals surface area contributed by atoms with Crippen LogP contribution in [-0.2, 0) is 11.3 Å². The molecule has 1 aromatic rings. The van der Waals surface area contributed by atoms with Crippen LogP contribution in [0.15, 0.2) is 24.3 Å². The number of benzene rings is 1. The van der Waals surface area contributed by atoms with Gasteiger partial charge in [0, 0.05) is 32.5 Å². The lowest BCUT2D eigenvalue weighted by atomic mass is 10.0. The average molecular weight is 231 g/mol. The van der Waals surface area contributed by atoms with Gasteiger partial charge < -0.3 is 0 Å². The molecule has 0 N–H and O–H groups in total. The molecule has 2 heteroatoms. The Labute approximate surface area is 104 Å². The molecule has 2 nitrogen and oxygen atoms in total. The van der Waals surface area contributed by atoms with Gasteiger partial charge in [-0.25, -0.2) is 0 Å². The second-order valence-corrected chi connectivity index (χ2v) is 5.21. The van der Waals surface area contributed by atoms with Gasteiger partial charge in [0.1, 0.15) is 5.78 Å². The lowest BCUT2D eigenvalue weighted by Gasteiger charge is -2.25. The molecule has 1 aliphatic rings. The Morgan fingerprint density at radius 3 is 2.24 bits per heavy atom. The summed E-state index contributed by atoms with van der Waals surface area (Å²) in [5.74, 6) is 1.01. The summed E-state index contributed by atoms with van der Waals surface area (Å²) in [5, 5.41) is 0. The van der Waals surface area contributed by atoms with Crippen molar-refractivity contribution in [3.05, 3.63) is 35.4 Å². The van der Waals surface area contributed by atoms with Crippen LogP contribution in [0, 0.1) is 0 Å². The molecule has 1 heterocycles. The lowest BCUT2D eigenvalue weighted by molar-refractivity contribution is -0.121. The van der Waals surface area contributed by atoms with Crippen molar-refractivity contribution in [3.63, 3.8) is 0 Å². The number of Topliss-reactive ketones (excluding diaryl/α,β-unsaturated/α-hetero) is 1. The molecule has 0 saturated carbocycles. The smallest absolute Gasteiger partial charge is 0.135 e. The first-order valence-corrected chi connectivity index (χ1v) is 6.48. The minimum absolute atomic E-state index is 0.413. The van der Waals surface area contributed by atoms with Gasteiger partial charge in [0.25, 0.3) is 0 Å². The topological polar surface area (TPSA) is 20.3 Å². The summed E-state index contributed by atoms with van der Waals surface area (Å²) in [6, 6.07) is 8.86. The fourth-order valence-corrected chi connectivity index (χ4v) is 2.23. The first-order chi connectivity index (χ1) is 8.15. The van der Waals surface area contributed by atoms with Gasteiger partial charge in [-0.1, -0.05) is 38.1 Å². The molecule has 1 fully saturated rings. The number of ketones is 1. The average Bonchev–Trinajstić information content (AvgIpc) is 2.33. The van der Waals surface area contributed by atoms with Crippen LogP contribution in [0.25, 0.3) is 0 Å². The zero-order valence-corrected chi connectivity index (χ0v) is 10.8. The van der Waals surface area contributed by atoms with Crippen molar-refractivity contribution >= 4 is 5.78 Å². The van der Waals surface area contributed by atoms with Crippen molar-refractivity contribution < 1.29 is 4.79 Å². The van der Waals surface area contributed by atoms with Crippen LogP contribution in [0.5, 0.6) is 0 Å². The molecule has 0 spiro atoms. The Morgan fingerprint density at radius 1 is 1.12 bits per heavy atom. The second-order valence-electron chi connectivity index (χ2n) is 5.21. The fourth-order valence-electron chi connectivity index (χ4n) is 2.23. The number of hydrogen-bond donors (Lipinski definition) is 0. The van der Waals surface area contributed by atoms with Crippen LogP contribution in [0.1, 0.15) is 43.7 Å². The van der Waals surface area contributed by atoms with E-state index in [0.29, 0.717) is 11.7 Å². The van der Waals surface area contributed by atoms with Crippen LogP contribution in [0.3, 0.4) is 0 Å².